The van der Waals surface area contributed by atoms with E-state index in [0.717, 1.165) is 7.11 Å². The summed E-state index contributed by atoms with van der Waals surface area (Å²) in [7, 11) is 1.01. The third-order valence-electron chi connectivity index (χ3n) is 0.799. The minimum atomic E-state index is -2.77. The number of ether oxygens (including phenoxy) is 1. The van der Waals surface area contributed by atoms with E-state index in [9.17, 15) is 4.79 Å². The second-order valence-corrected chi connectivity index (χ2v) is 1.62. The van der Waals surface area contributed by atoms with Crippen molar-refractivity contribution in [1.29, 1.82) is 0 Å². The summed E-state index contributed by atoms with van der Waals surface area (Å²) in [4.78, 5) is 10.8. The minimum Gasteiger partial charge on any atom is -0.468 e. The first-order valence-corrected chi connectivity index (χ1v) is 2.27. The van der Waals surface area contributed by atoms with E-state index in [1.165, 1.54) is 0 Å². The summed E-state index contributed by atoms with van der Waals surface area (Å²) in [6.07, 6.45) is 0. The molecule has 0 fully saturated rings. The Kier molecular flexibility index (Phi) is 1.32. The molecule has 0 saturated carbocycles. The molecule has 4 nitrogen and oxygen atoms in total. The zero-order valence-corrected chi connectivity index (χ0v) is 5.05. The fraction of sp³-hybridized carbons (Fsp3) is 0.800. The highest BCUT2D eigenvalue weighted by molar-refractivity contribution is 5.79. The number of aliphatic hydroxyl groups is 1. The summed E-state index contributed by atoms with van der Waals surface area (Å²) in [6, 6.07) is 0. The van der Waals surface area contributed by atoms with Crippen molar-refractivity contribution < 1.29 is 18.8 Å². The van der Waals surface area contributed by atoms with E-state index in [4.69, 9.17) is 15.0 Å². The van der Waals surface area contributed by atoms with Crippen LogP contribution in [0.25, 0.3) is 0 Å². The largest absolute Gasteiger partial charge is 0.468 e. The van der Waals surface area contributed by atoms with Crippen molar-refractivity contribution in [3.63, 3.8) is 0 Å². The Balaban J connectivity index is 4.80. The van der Waals surface area contributed by atoms with E-state index < -0.39 is 25.0 Å². The molecule has 54 valence electrons. The molecule has 0 spiro atoms. The van der Waals surface area contributed by atoms with E-state index in [2.05, 4.69) is 4.74 Å². The summed E-state index contributed by atoms with van der Waals surface area (Å²) in [6.45, 7) is -3.75. The van der Waals surface area contributed by atoms with Crippen LogP contribution in [0.1, 0.15) is 11.0 Å². The van der Waals surface area contributed by atoms with Gasteiger partial charge in [0, 0.05) is 4.11 Å². The normalized spacial score (nSPS) is 22.8. The molecule has 3 N–H and O–H groups in total. The van der Waals surface area contributed by atoms with Gasteiger partial charge in [-0.1, -0.05) is 0 Å². The third kappa shape index (κ3) is 1.99. The van der Waals surface area contributed by atoms with Gasteiger partial charge in [0.2, 0.25) is 0 Å². The number of rotatable bonds is 2. The molecular formula is C5H11NO3. The van der Waals surface area contributed by atoms with E-state index in [1.807, 2.05) is 0 Å². The summed E-state index contributed by atoms with van der Waals surface area (Å²) >= 11 is 0. The summed E-state index contributed by atoms with van der Waals surface area (Å²) < 4.78 is 24.8. The Morgan fingerprint density at radius 1 is 2.11 bits per heavy atom. The van der Waals surface area contributed by atoms with Gasteiger partial charge in [0.1, 0.15) is 5.54 Å². The number of carbonyl (C=O) groups excluding carboxylic acids is 1. The number of methoxy groups -OCH3 is 1. The Morgan fingerprint density at radius 2 is 2.67 bits per heavy atom. The molecule has 0 aliphatic carbocycles. The lowest BCUT2D eigenvalue weighted by atomic mass is 10.1. The van der Waals surface area contributed by atoms with Crippen LogP contribution in [0.2, 0.25) is 0 Å². The minimum absolute atomic E-state index is 0.976. The molecule has 0 bridgehead atoms. The number of hydrogen-bond acceptors (Lipinski definition) is 4. The highest BCUT2D eigenvalue weighted by atomic mass is 16.5. The first kappa shape index (κ1) is 4.24. The molecule has 0 radical (unpaired) electrons. The van der Waals surface area contributed by atoms with Crippen LogP contribution in [-0.4, -0.2) is 30.3 Å². The van der Waals surface area contributed by atoms with Crippen molar-refractivity contribution in [3.05, 3.63) is 0 Å². The average molecular weight is 136 g/mol. The Hall–Kier alpha value is -0.610. The smallest absolute Gasteiger partial charge is 0.327 e. The van der Waals surface area contributed by atoms with Crippen LogP contribution in [0.15, 0.2) is 0 Å². The predicted molar refractivity (Wildman–Crippen MR) is 31.7 cm³/mol. The van der Waals surface area contributed by atoms with Crippen LogP contribution in [0.5, 0.6) is 0 Å². The van der Waals surface area contributed by atoms with Crippen LogP contribution in [-0.2, 0) is 9.53 Å². The van der Waals surface area contributed by atoms with Crippen molar-refractivity contribution in [1.82, 2.24) is 0 Å². The Labute approximate surface area is 57.8 Å². The summed E-state index contributed by atoms with van der Waals surface area (Å²) in [5.41, 5.74) is 2.82. The van der Waals surface area contributed by atoms with Gasteiger partial charge in [0.05, 0.1) is 13.7 Å². The van der Waals surface area contributed by atoms with Gasteiger partial charge in [-0.3, -0.25) is 0 Å². The third-order valence-corrected chi connectivity index (χ3v) is 0.799. The lowest BCUT2D eigenvalue weighted by Crippen LogP contribution is -2.48. The first-order chi connectivity index (χ1) is 5.29. The van der Waals surface area contributed by atoms with Crippen molar-refractivity contribution >= 4 is 5.97 Å². The number of hydrogen-bond donors (Lipinski definition) is 2. The van der Waals surface area contributed by atoms with Crippen LogP contribution in [0, 0.1) is 0 Å². The molecule has 1 atom stereocenters. The molecule has 0 aromatic rings. The van der Waals surface area contributed by atoms with Gasteiger partial charge >= 0.3 is 5.97 Å². The quantitative estimate of drug-likeness (QED) is 0.471. The van der Waals surface area contributed by atoms with Gasteiger partial charge in [-0.2, -0.15) is 0 Å². The second-order valence-electron chi connectivity index (χ2n) is 1.62. The molecule has 0 unspecified atom stereocenters. The fourth-order valence-electron chi connectivity index (χ4n) is 0.247. The number of aliphatic hydroxyl groups excluding tert-OH is 1. The number of carbonyl (C=O) groups is 1. The molecule has 0 rings (SSSR count). The van der Waals surface area contributed by atoms with E-state index in [1.54, 1.807) is 0 Å². The lowest BCUT2D eigenvalue weighted by molar-refractivity contribution is -0.147. The maximum atomic E-state index is 10.8. The van der Waals surface area contributed by atoms with E-state index in [0.29, 0.717) is 0 Å². The molecular weight excluding hydrogens is 122 g/mol. The zero-order chi connectivity index (χ0) is 9.99. The summed E-state index contributed by atoms with van der Waals surface area (Å²) in [5, 5.41) is 8.64. The van der Waals surface area contributed by atoms with Gasteiger partial charge in [0.25, 0.3) is 0 Å². The number of nitrogens with two attached hydrogens (primary N) is 1. The summed E-state index contributed by atoms with van der Waals surface area (Å²) in [5.74, 6) is -1.15. The molecule has 0 saturated heterocycles. The number of esters is 1. The molecule has 0 aromatic heterocycles. The zero-order valence-electron chi connectivity index (χ0n) is 8.05. The van der Waals surface area contributed by atoms with Gasteiger partial charge in [-0.15, -0.1) is 0 Å². The van der Waals surface area contributed by atoms with Gasteiger partial charge in [-0.05, 0) is 6.85 Å². The monoisotopic (exact) mass is 136 g/mol. The van der Waals surface area contributed by atoms with Crippen LogP contribution >= 0.6 is 0 Å². The standard InChI is InChI=1S/C5H11NO3/c1-5(6,3-7)4(8)9-2/h7H,3,6H2,1-2H3/t5-/m1/s1/i1D3. The molecule has 0 aromatic carbocycles. The first-order valence-electron chi connectivity index (χ1n) is 3.77. The fourth-order valence-corrected chi connectivity index (χ4v) is 0.247. The molecule has 0 amide bonds. The van der Waals surface area contributed by atoms with Crippen molar-refractivity contribution in [2.24, 2.45) is 5.73 Å². The SMILES string of the molecule is [2H]C([2H])([2H])[C@@](N)(CO)C(=O)OC. The predicted octanol–water partition coefficient (Wildman–Crippen LogP) is -1.13. The second kappa shape index (κ2) is 2.80. The maximum absolute atomic E-state index is 10.8. The molecule has 0 aliphatic rings. The average Bonchev–Trinajstić information content (AvgIpc) is 1.99. The van der Waals surface area contributed by atoms with Gasteiger partial charge in [-0.25, -0.2) is 4.79 Å². The van der Waals surface area contributed by atoms with Crippen molar-refractivity contribution in [3.8, 4) is 0 Å². The molecule has 4 heteroatoms. The topological polar surface area (TPSA) is 72.5 Å². The Morgan fingerprint density at radius 3 is 2.78 bits per heavy atom. The highest BCUT2D eigenvalue weighted by Crippen LogP contribution is 1.98. The van der Waals surface area contributed by atoms with Crippen LogP contribution < -0.4 is 5.73 Å². The van der Waals surface area contributed by atoms with Gasteiger partial charge < -0.3 is 15.6 Å². The van der Waals surface area contributed by atoms with Crippen molar-refractivity contribution in [2.75, 3.05) is 13.7 Å². The van der Waals surface area contributed by atoms with E-state index in [-0.39, 0.29) is 0 Å². The molecule has 0 heterocycles. The highest BCUT2D eigenvalue weighted by Gasteiger charge is 2.27. The Bertz CT molecular complexity index is 181. The van der Waals surface area contributed by atoms with Crippen LogP contribution in [0.4, 0.5) is 0 Å². The molecule has 0 aliphatic heterocycles. The molecule has 9 heavy (non-hydrogen) atoms. The van der Waals surface area contributed by atoms with Crippen LogP contribution in [0.3, 0.4) is 0 Å². The van der Waals surface area contributed by atoms with E-state index >= 15 is 0 Å². The maximum Gasteiger partial charge on any atom is 0.327 e. The lowest BCUT2D eigenvalue weighted by Gasteiger charge is -2.17. The van der Waals surface area contributed by atoms with Gasteiger partial charge in [0.15, 0.2) is 0 Å². The van der Waals surface area contributed by atoms with Crippen molar-refractivity contribution in [2.45, 2.75) is 12.4 Å².